The van der Waals surface area contributed by atoms with Gasteiger partial charge in [0.25, 0.3) is 0 Å². The van der Waals surface area contributed by atoms with Crippen LogP contribution in [-0.2, 0) is 17.6 Å². The summed E-state index contributed by atoms with van der Waals surface area (Å²) in [5, 5.41) is 8.78. The fourth-order valence-electron chi connectivity index (χ4n) is 2.41. The number of aryl methyl sites for hydroxylation is 1. The number of rotatable bonds is 8. The number of hydrogen-bond donors (Lipinski definition) is 1. The van der Waals surface area contributed by atoms with E-state index in [-0.39, 0.29) is 6.42 Å². The highest BCUT2D eigenvalue weighted by atomic mass is 16.4. The van der Waals surface area contributed by atoms with Crippen LogP contribution in [0.1, 0.15) is 50.7 Å². The predicted molar refractivity (Wildman–Crippen MR) is 74.8 cm³/mol. The van der Waals surface area contributed by atoms with Crippen LogP contribution >= 0.6 is 0 Å². The van der Waals surface area contributed by atoms with E-state index in [9.17, 15) is 4.79 Å². The van der Waals surface area contributed by atoms with Crippen molar-refractivity contribution in [3.05, 3.63) is 35.4 Å². The molecule has 0 aliphatic heterocycles. The van der Waals surface area contributed by atoms with Crippen molar-refractivity contribution in [2.75, 3.05) is 0 Å². The van der Waals surface area contributed by atoms with Crippen molar-refractivity contribution >= 4 is 5.97 Å². The summed E-state index contributed by atoms with van der Waals surface area (Å²) in [6, 6.07) is 8.27. The number of hydrogen-bond acceptors (Lipinski definition) is 1. The molecule has 18 heavy (non-hydrogen) atoms. The van der Waals surface area contributed by atoms with Gasteiger partial charge in [0.1, 0.15) is 0 Å². The zero-order chi connectivity index (χ0) is 13.4. The van der Waals surface area contributed by atoms with E-state index in [0.29, 0.717) is 6.42 Å². The van der Waals surface area contributed by atoms with Crippen molar-refractivity contribution in [2.24, 2.45) is 5.92 Å². The Morgan fingerprint density at radius 3 is 2.44 bits per heavy atom. The van der Waals surface area contributed by atoms with Gasteiger partial charge in [-0.3, -0.25) is 4.79 Å². The summed E-state index contributed by atoms with van der Waals surface area (Å²) in [6.07, 6.45) is 5.62. The molecule has 0 bridgehead atoms. The molecule has 2 nitrogen and oxygen atoms in total. The lowest BCUT2D eigenvalue weighted by Gasteiger charge is -2.16. The van der Waals surface area contributed by atoms with Crippen LogP contribution in [0.25, 0.3) is 0 Å². The van der Waals surface area contributed by atoms with Gasteiger partial charge in [-0.05, 0) is 29.9 Å². The first-order chi connectivity index (χ1) is 8.67. The highest BCUT2D eigenvalue weighted by Crippen LogP contribution is 2.21. The van der Waals surface area contributed by atoms with Gasteiger partial charge in [0.15, 0.2) is 0 Å². The minimum absolute atomic E-state index is 0.224. The van der Waals surface area contributed by atoms with Crippen molar-refractivity contribution < 1.29 is 9.90 Å². The molecule has 1 aromatic carbocycles. The molecule has 100 valence electrons. The lowest BCUT2D eigenvalue weighted by molar-refractivity contribution is -0.136. The zero-order valence-electron chi connectivity index (χ0n) is 11.5. The Hall–Kier alpha value is -1.31. The molecule has 0 fully saturated rings. The van der Waals surface area contributed by atoms with Crippen molar-refractivity contribution in [3.63, 3.8) is 0 Å². The lowest BCUT2D eigenvalue weighted by atomic mass is 9.89. The van der Waals surface area contributed by atoms with Gasteiger partial charge in [-0.15, -0.1) is 0 Å². The fourth-order valence-corrected chi connectivity index (χ4v) is 2.41. The van der Waals surface area contributed by atoms with Crippen LogP contribution in [0.2, 0.25) is 0 Å². The molecule has 1 atom stereocenters. The summed E-state index contributed by atoms with van der Waals surface area (Å²) < 4.78 is 0. The minimum atomic E-state index is -0.717. The van der Waals surface area contributed by atoms with Crippen molar-refractivity contribution in [1.29, 1.82) is 0 Å². The number of aliphatic carboxylic acids is 1. The maximum absolute atomic E-state index is 10.7. The standard InChI is InChI=1S/C16H24O2/c1-3-7-13(4-2)12-15-9-6-5-8-14(15)10-11-16(17)18/h5-6,8-9,13H,3-4,7,10-12H2,1-2H3,(H,17,18). The molecule has 0 saturated carbocycles. The molecule has 0 amide bonds. The first kappa shape index (κ1) is 14.7. The van der Waals surface area contributed by atoms with E-state index in [1.54, 1.807) is 0 Å². The molecule has 0 heterocycles. The Morgan fingerprint density at radius 1 is 1.22 bits per heavy atom. The van der Waals surface area contributed by atoms with Gasteiger partial charge in [0.05, 0.1) is 0 Å². The Bertz CT molecular complexity index is 371. The van der Waals surface area contributed by atoms with Crippen LogP contribution in [0.3, 0.4) is 0 Å². The summed E-state index contributed by atoms with van der Waals surface area (Å²) in [5.41, 5.74) is 2.54. The first-order valence-electron chi connectivity index (χ1n) is 6.95. The Balaban J connectivity index is 2.71. The van der Waals surface area contributed by atoms with E-state index in [1.807, 2.05) is 6.07 Å². The number of carbonyl (C=O) groups is 1. The lowest BCUT2D eigenvalue weighted by Crippen LogP contribution is -2.06. The van der Waals surface area contributed by atoms with E-state index in [2.05, 4.69) is 32.0 Å². The van der Waals surface area contributed by atoms with E-state index in [0.717, 1.165) is 12.3 Å². The molecule has 0 aromatic heterocycles. The third-order valence-electron chi connectivity index (χ3n) is 3.51. The molecule has 1 rings (SSSR count). The maximum Gasteiger partial charge on any atom is 0.303 e. The van der Waals surface area contributed by atoms with Crippen LogP contribution in [-0.4, -0.2) is 11.1 Å². The number of benzene rings is 1. The van der Waals surface area contributed by atoms with Crippen molar-refractivity contribution in [1.82, 2.24) is 0 Å². The SMILES string of the molecule is CCCC(CC)Cc1ccccc1CCC(=O)O. The normalized spacial score (nSPS) is 12.3. The molecular formula is C16H24O2. The summed E-state index contributed by atoms with van der Waals surface area (Å²) >= 11 is 0. The number of carboxylic acid groups (broad SMARTS) is 1. The molecule has 1 unspecified atom stereocenters. The van der Waals surface area contributed by atoms with Crippen molar-refractivity contribution in [3.8, 4) is 0 Å². The fraction of sp³-hybridized carbons (Fsp3) is 0.562. The molecule has 1 aromatic rings. The summed E-state index contributed by atoms with van der Waals surface area (Å²) in [7, 11) is 0. The van der Waals surface area contributed by atoms with Crippen LogP contribution in [0.5, 0.6) is 0 Å². The van der Waals surface area contributed by atoms with E-state index >= 15 is 0 Å². The van der Waals surface area contributed by atoms with Gasteiger partial charge >= 0.3 is 5.97 Å². The largest absolute Gasteiger partial charge is 0.481 e. The first-order valence-corrected chi connectivity index (χ1v) is 6.95. The highest BCUT2D eigenvalue weighted by Gasteiger charge is 2.10. The van der Waals surface area contributed by atoms with Gasteiger partial charge < -0.3 is 5.11 Å². The predicted octanol–water partition coefficient (Wildman–Crippen LogP) is 4.07. The second-order valence-electron chi connectivity index (χ2n) is 4.93. The Morgan fingerprint density at radius 2 is 1.89 bits per heavy atom. The summed E-state index contributed by atoms with van der Waals surface area (Å²) in [6.45, 7) is 4.46. The molecule has 2 heteroatoms. The third kappa shape index (κ3) is 4.91. The summed E-state index contributed by atoms with van der Waals surface area (Å²) in [5.74, 6) is 0.00591. The van der Waals surface area contributed by atoms with E-state index < -0.39 is 5.97 Å². The third-order valence-corrected chi connectivity index (χ3v) is 3.51. The monoisotopic (exact) mass is 248 g/mol. The minimum Gasteiger partial charge on any atom is -0.481 e. The number of carboxylic acids is 1. The van der Waals surface area contributed by atoms with Crippen molar-refractivity contribution in [2.45, 2.75) is 52.4 Å². The van der Waals surface area contributed by atoms with E-state index in [1.165, 1.54) is 30.4 Å². The average Bonchev–Trinajstić information content (AvgIpc) is 2.37. The van der Waals surface area contributed by atoms with Crippen LogP contribution in [0.15, 0.2) is 24.3 Å². The Labute approximate surface area is 110 Å². The van der Waals surface area contributed by atoms with Gasteiger partial charge in [0.2, 0.25) is 0 Å². The molecule has 1 N–H and O–H groups in total. The van der Waals surface area contributed by atoms with Gasteiger partial charge in [-0.1, -0.05) is 57.4 Å². The van der Waals surface area contributed by atoms with Crippen LogP contribution in [0.4, 0.5) is 0 Å². The second kappa shape index (κ2) is 7.91. The van der Waals surface area contributed by atoms with Crippen LogP contribution < -0.4 is 0 Å². The summed E-state index contributed by atoms with van der Waals surface area (Å²) in [4.78, 5) is 10.7. The maximum atomic E-state index is 10.7. The molecular weight excluding hydrogens is 224 g/mol. The smallest absolute Gasteiger partial charge is 0.303 e. The second-order valence-corrected chi connectivity index (χ2v) is 4.93. The molecule has 0 aliphatic rings. The van der Waals surface area contributed by atoms with Crippen LogP contribution in [0, 0.1) is 5.92 Å². The quantitative estimate of drug-likeness (QED) is 0.753. The Kier molecular flexibility index (Phi) is 6.48. The van der Waals surface area contributed by atoms with E-state index in [4.69, 9.17) is 5.11 Å². The average molecular weight is 248 g/mol. The molecule has 0 aliphatic carbocycles. The van der Waals surface area contributed by atoms with Gasteiger partial charge in [0, 0.05) is 6.42 Å². The zero-order valence-corrected chi connectivity index (χ0v) is 11.5. The molecule has 0 spiro atoms. The topological polar surface area (TPSA) is 37.3 Å². The van der Waals surface area contributed by atoms with Gasteiger partial charge in [-0.25, -0.2) is 0 Å². The van der Waals surface area contributed by atoms with Gasteiger partial charge in [-0.2, -0.15) is 0 Å². The highest BCUT2D eigenvalue weighted by molar-refractivity contribution is 5.67. The molecule has 0 radical (unpaired) electrons. The molecule has 0 saturated heterocycles.